The van der Waals surface area contributed by atoms with E-state index in [1.54, 1.807) is 4.68 Å². The van der Waals surface area contributed by atoms with Crippen LogP contribution in [0.1, 0.15) is 23.6 Å². The van der Waals surface area contributed by atoms with E-state index in [-0.39, 0.29) is 11.9 Å². The first-order valence-corrected chi connectivity index (χ1v) is 8.77. The second-order valence-electron chi connectivity index (χ2n) is 7.15. The van der Waals surface area contributed by atoms with Crippen molar-refractivity contribution < 1.29 is 9.53 Å². The van der Waals surface area contributed by atoms with Crippen LogP contribution in [0.4, 0.5) is 0 Å². The van der Waals surface area contributed by atoms with Crippen LogP contribution in [0.3, 0.4) is 0 Å². The molecule has 1 aromatic heterocycles. The molecule has 3 heterocycles. The molecule has 0 unspecified atom stereocenters. The van der Waals surface area contributed by atoms with Crippen molar-refractivity contribution in [1.82, 2.24) is 20.0 Å². The van der Waals surface area contributed by atoms with Crippen molar-refractivity contribution in [2.24, 2.45) is 7.05 Å². The van der Waals surface area contributed by atoms with Gasteiger partial charge in [0.05, 0.1) is 25.4 Å². The summed E-state index contributed by atoms with van der Waals surface area (Å²) >= 11 is 0. The molecule has 1 amide bonds. The Morgan fingerprint density at radius 2 is 2.16 bits per heavy atom. The highest BCUT2D eigenvalue weighted by Gasteiger charge is 2.39. The second-order valence-corrected chi connectivity index (χ2v) is 7.15. The predicted molar refractivity (Wildman–Crippen MR) is 93.9 cm³/mol. The maximum Gasteiger partial charge on any atom is 0.240 e. The molecule has 0 aliphatic carbocycles. The molecule has 1 saturated heterocycles. The standard InChI is InChI=1S/C19H24N4O2/c1-19(16-11-21-22(2)12-16)13-23(7-8-25-19)18(24)17-9-14-5-3-4-6-15(14)10-20-17/h3-6,11-12,17,20H,7-10,13H2,1-2H3/t17-,19-/m0/s1. The van der Waals surface area contributed by atoms with E-state index >= 15 is 0 Å². The fourth-order valence-electron chi connectivity index (χ4n) is 3.78. The Labute approximate surface area is 147 Å². The van der Waals surface area contributed by atoms with Gasteiger partial charge in [-0.05, 0) is 24.5 Å². The summed E-state index contributed by atoms with van der Waals surface area (Å²) in [6.45, 7) is 4.51. The maximum absolute atomic E-state index is 13.1. The zero-order valence-electron chi connectivity index (χ0n) is 14.7. The first-order chi connectivity index (χ1) is 12.0. The number of hydrogen-bond acceptors (Lipinski definition) is 4. The van der Waals surface area contributed by atoms with Crippen LogP contribution in [0.5, 0.6) is 0 Å². The summed E-state index contributed by atoms with van der Waals surface area (Å²) in [5, 5.41) is 7.64. The molecule has 1 fully saturated rings. The molecule has 0 bridgehead atoms. The van der Waals surface area contributed by atoms with Gasteiger partial charge in [-0.1, -0.05) is 24.3 Å². The molecule has 0 spiro atoms. The fourth-order valence-corrected chi connectivity index (χ4v) is 3.78. The first-order valence-electron chi connectivity index (χ1n) is 8.77. The number of nitrogens with one attached hydrogen (secondary N) is 1. The van der Waals surface area contributed by atoms with Crippen LogP contribution >= 0.6 is 0 Å². The molecule has 2 aliphatic heterocycles. The van der Waals surface area contributed by atoms with Crippen molar-refractivity contribution >= 4 is 5.91 Å². The van der Waals surface area contributed by atoms with Gasteiger partial charge >= 0.3 is 0 Å². The lowest BCUT2D eigenvalue weighted by Crippen LogP contribution is -2.56. The van der Waals surface area contributed by atoms with E-state index in [9.17, 15) is 4.79 Å². The number of hydrogen-bond donors (Lipinski definition) is 1. The molecular formula is C19H24N4O2. The van der Waals surface area contributed by atoms with E-state index in [4.69, 9.17) is 4.74 Å². The van der Waals surface area contributed by atoms with E-state index in [1.807, 2.05) is 43.4 Å². The highest BCUT2D eigenvalue weighted by molar-refractivity contribution is 5.82. The van der Waals surface area contributed by atoms with Crippen LogP contribution in [-0.2, 0) is 35.1 Å². The smallest absolute Gasteiger partial charge is 0.240 e. The number of benzene rings is 1. The van der Waals surface area contributed by atoms with Crippen molar-refractivity contribution in [1.29, 1.82) is 0 Å². The Bertz CT molecular complexity index is 787. The zero-order chi connectivity index (χ0) is 17.4. The highest BCUT2D eigenvalue weighted by Crippen LogP contribution is 2.29. The van der Waals surface area contributed by atoms with Crippen LogP contribution in [0.15, 0.2) is 36.7 Å². The summed E-state index contributed by atoms with van der Waals surface area (Å²) in [6, 6.07) is 8.17. The van der Waals surface area contributed by atoms with Crippen molar-refractivity contribution in [2.75, 3.05) is 19.7 Å². The summed E-state index contributed by atoms with van der Waals surface area (Å²) in [6.07, 6.45) is 4.53. The van der Waals surface area contributed by atoms with E-state index in [0.29, 0.717) is 19.7 Å². The van der Waals surface area contributed by atoms with Gasteiger partial charge in [0.2, 0.25) is 5.91 Å². The van der Waals surface area contributed by atoms with E-state index in [0.717, 1.165) is 18.5 Å². The number of carbonyl (C=O) groups is 1. The van der Waals surface area contributed by atoms with E-state index in [2.05, 4.69) is 22.5 Å². The second kappa shape index (κ2) is 6.28. The van der Waals surface area contributed by atoms with Gasteiger partial charge in [-0.2, -0.15) is 5.10 Å². The minimum atomic E-state index is -0.505. The molecule has 132 valence electrons. The molecule has 2 aromatic rings. The van der Waals surface area contributed by atoms with Gasteiger partial charge < -0.3 is 15.0 Å². The minimum absolute atomic E-state index is 0.160. The highest BCUT2D eigenvalue weighted by atomic mass is 16.5. The van der Waals surface area contributed by atoms with Crippen LogP contribution in [0.2, 0.25) is 0 Å². The summed E-state index contributed by atoms with van der Waals surface area (Å²) in [7, 11) is 1.89. The van der Waals surface area contributed by atoms with Crippen LogP contribution in [0, 0.1) is 0 Å². The molecule has 1 N–H and O–H groups in total. The summed E-state index contributed by atoms with van der Waals surface area (Å²) in [4.78, 5) is 15.0. The van der Waals surface area contributed by atoms with Gasteiger partial charge in [-0.3, -0.25) is 9.48 Å². The maximum atomic E-state index is 13.1. The van der Waals surface area contributed by atoms with Crippen LogP contribution in [-0.4, -0.2) is 46.3 Å². The Hall–Kier alpha value is -2.18. The van der Waals surface area contributed by atoms with E-state index in [1.165, 1.54) is 11.1 Å². The number of morpholine rings is 1. The van der Waals surface area contributed by atoms with Gasteiger partial charge in [0.15, 0.2) is 0 Å². The first kappa shape index (κ1) is 16.3. The van der Waals surface area contributed by atoms with Gasteiger partial charge in [-0.15, -0.1) is 0 Å². The van der Waals surface area contributed by atoms with Crippen molar-refractivity contribution in [3.63, 3.8) is 0 Å². The summed E-state index contributed by atoms with van der Waals surface area (Å²) < 4.78 is 7.79. The normalized spacial score (nSPS) is 26.3. The topological polar surface area (TPSA) is 59.4 Å². The Morgan fingerprint density at radius 3 is 2.92 bits per heavy atom. The lowest BCUT2D eigenvalue weighted by molar-refractivity contribution is -0.151. The number of aromatic nitrogens is 2. The zero-order valence-corrected chi connectivity index (χ0v) is 14.7. The molecule has 6 heteroatoms. The van der Waals surface area contributed by atoms with Gasteiger partial charge in [0.1, 0.15) is 5.60 Å². The predicted octanol–water partition coefficient (Wildman–Crippen LogP) is 1.21. The Balaban J connectivity index is 1.49. The van der Waals surface area contributed by atoms with Crippen molar-refractivity contribution in [3.8, 4) is 0 Å². The van der Waals surface area contributed by atoms with Crippen LogP contribution in [0.25, 0.3) is 0 Å². The number of ether oxygens (including phenoxy) is 1. The third-order valence-corrected chi connectivity index (χ3v) is 5.28. The number of rotatable bonds is 2. The summed E-state index contributed by atoms with van der Waals surface area (Å²) in [5.41, 5.74) is 3.06. The fraction of sp³-hybridized carbons (Fsp3) is 0.474. The monoisotopic (exact) mass is 340 g/mol. The molecule has 0 radical (unpaired) electrons. The average Bonchev–Trinajstić information content (AvgIpc) is 3.08. The number of nitrogens with zero attached hydrogens (tertiary/aromatic N) is 3. The molecular weight excluding hydrogens is 316 g/mol. The van der Waals surface area contributed by atoms with Crippen molar-refractivity contribution in [3.05, 3.63) is 53.3 Å². The van der Waals surface area contributed by atoms with Gasteiger partial charge in [0.25, 0.3) is 0 Å². The molecule has 4 rings (SSSR count). The van der Waals surface area contributed by atoms with Crippen molar-refractivity contribution in [2.45, 2.75) is 31.5 Å². The lowest BCUT2D eigenvalue weighted by atomic mass is 9.93. The SMILES string of the molecule is Cn1cc([C@]2(C)CN(C(=O)[C@@H]3Cc4ccccc4CN3)CCO2)cn1. The molecule has 2 atom stereocenters. The number of carbonyl (C=O) groups excluding carboxylic acids is 1. The molecule has 2 aliphatic rings. The average molecular weight is 340 g/mol. The number of aryl methyl sites for hydroxylation is 1. The quantitative estimate of drug-likeness (QED) is 0.893. The Kier molecular flexibility index (Phi) is 4.09. The van der Waals surface area contributed by atoms with Crippen LogP contribution < -0.4 is 5.32 Å². The third-order valence-electron chi connectivity index (χ3n) is 5.28. The largest absolute Gasteiger partial charge is 0.367 e. The number of amides is 1. The van der Waals surface area contributed by atoms with Gasteiger partial charge in [-0.25, -0.2) is 0 Å². The molecule has 6 nitrogen and oxygen atoms in total. The summed E-state index contributed by atoms with van der Waals surface area (Å²) in [5.74, 6) is 0.160. The minimum Gasteiger partial charge on any atom is -0.367 e. The third kappa shape index (κ3) is 3.07. The Morgan fingerprint density at radius 1 is 1.36 bits per heavy atom. The lowest BCUT2D eigenvalue weighted by Gasteiger charge is -2.41. The molecule has 0 saturated carbocycles. The van der Waals surface area contributed by atoms with E-state index < -0.39 is 5.60 Å². The molecule has 1 aromatic carbocycles. The van der Waals surface area contributed by atoms with Gasteiger partial charge in [0, 0.05) is 31.9 Å². The molecule has 25 heavy (non-hydrogen) atoms. The number of fused-ring (bicyclic) bond motifs is 1.